The molecule has 2 rings (SSSR count). The van der Waals surface area contributed by atoms with Gasteiger partial charge in [-0.25, -0.2) is 9.59 Å². The van der Waals surface area contributed by atoms with Crippen molar-refractivity contribution in [2.75, 3.05) is 26.8 Å². The summed E-state index contributed by atoms with van der Waals surface area (Å²) in [5.74, 6) is 0. The highest BCUT2D eigenvalue weighted by atomic mass is 16.6. The molecule has 2 amide bonds. The van der Waals surface area contributed by atoms with Gasteiger partial charge in [0.05, 0.1) is 20.2 Å². The summed E-state index contributed by atoms with van der Waals surface area (Å²) in [5.41, 5.74) is -0.356. The lowest BCUT2D eigenvalue weighted by atomic mass is 9.92. The van der Waals surface area contributed by atoms with E-state index in [1.165, 1.54) is 12.0 Å². The SMILES string of the molecule is COC(=O)N1CC2(COC(=O)N2)C1. The molecule has 1 spiro atoms. The van der Waals surface area contributed by atoms with Gasteiger partial charge in [-0.2, -0.15) is 0 Å². The maximum atomic E-state index is 11.0. The van der Waals surface area contributed by atoms with Gasteiger partial charge in [0.15, 0.2) is 0 Å². The van der Waals surface area contributed by atoms with Crippen molar-refractivity contribution in [1.82, 2.24) is 10.2 Å². The van der Waals surface area contributed by atoms with Crippen LogP contribution in [0.4, 0.5) is 9.59 Å². The fraction of sp³-hybridized carbons (Fsp3) is 0.714. The van der Waals surface area contributed by atoms with Crippen LogP contribution in [0.25, 0.3) is 0 Å². The van der Waals surface area contributed by atoms with Crippen molar-refractivity contribution in [1.29, 1.82) is 0 Å². The topological polar surface area (TPSA) is 67.9 Å². The van der Waals surface area contributed by atoms with E-state index in [1.54, 1.807) is 0 Å². The fourth-order valence-corrected chi connectivity index (χ4v) is 1.61. The third-order valence-electron chi connectivity index (χ3n) is 2.27. The maximum Gasteiger partial charge on any atom is 0.409 e. The van der Waals surface area contributed by atoms with Crippen LogP contribution in [0.15, 0.2) is 0 Å². The molecule has 0 aliphatic carbocycles. The highest BCUT2D eigenvalue weighted by Gasteiger charge is 2.51. The van der Waals surface area contributed by atoms with E-state index in [0.29, 0.717) is 19.7 Å². The highest BCUT2D eigenvalue weighted by Crippen LogP contribution is 2.25. The van der Waals surface area contributed by atoms with Gasteiger partial charge in [0.1, 0.15) is 12.1 Å². The molecule has 0 radical (unpaired) electrons. The van der Waals surface area contributed by atoms with E-state index in [1.807, 2.05) is 0 Å². The van der Waals surface area contributed by atoms with Crippen LogP contribution in [0, 0.1) is 0 Å². The molecule has 72 valence electrons. The molecule has 2 aliphatic rings. The van der Waals surface area contributed by atoms with E-state index >= 15 is 0 Å². The molecule has 2 fully saturated rings. The number of hydrogen-bond donors (Lipinski definition) is 1. The number of carbonyl (C=O) groups is 2. The summed E-state index contributed by atoms with van der Waals surface area (Å²) in [6, 6.07) is 0. The molecule has 2 saturated heterocycles. The Hall–Kier alpha value is -1.46. The predicted molar refractivity (Wildman–Crippen MR) is 41.2 cm³/mol. The Morgan fingerprint density at radius 3 is 2.85 bits per heavy atom. The van der Waals surface area contributed by atoms with Crippen LogP contribution in [0.5, 0.6) is 0 Å². The van der Waals surface area contributed by atoms with Gasteiger partial charge >= 0.3 is 12.2 Å². The monoisotopic (exact) mass is 186 g/mol. The lowest BCUT2D eigenvalue weighted by Crippen LogP contribution is -2.69. The molecule has 2 aliphatic heterocycles. The number of methoxy groups -OCH3 is 1. The van der Waals surface area contributed by atoms with Crippen molar-refractivity contribution in [3.05, 3.63) is 0 Å². The first-order valence-corrected chi connectivity index (χ1v) is 3.93. The molecule has 2 heterocycles. The second-order valence-corrected chi connectivity index (χ2v) is 3.31. The number of hydrogen-bond acceptors (Lipinski definition) is 4. The van der Waals surface area contributed by atoms with Gasteiger partial charge in [0, 0.05) is 0 Å². The first kappa shape index (κ1) is 8.15. The number of alkyl carbamates (subject to hydrolysis) is 1. The summed E-state index contributed by atoms with van der Waals surface area (Å²) < 4.78 is 9.26. The molecular formula is C7H10N2O4. The number of carbonyl (C=O) groups excluding carboxylic acids is 2. The van der Waals surface area contributed by atoms with Gasteiger partial charge in [-0.15, -0.1) is 0 Å². The standard InChI is InChI=1S/C7H10N2O4/c1-12-6(11)9-2-7(3-9)4-13-5(10)8-7/h2-4H2,1H3,(H,8,10). The molecule has 1 N–H and O–H groups in total. The number of nitrogens with one attached hydrogen (secondary N) is 1. The van der Waals surface area contributed by atoms with Gasteiger partial charge in [0.25, 0.3) is 0 Å². The van der Waals surface area contributed by atoms with E-state index < -0.39 is 6.09 Å². The van der Waals surface area contributed by atoms with E-state index in [4.69, 9.17) is 4.74 Å². The Labute approximate surface area is 74.8 Å². The summed E-state index contributed by atoms with van der Waals surface area (Å²) in [4.78, 5) is 23.2. The zero-order valence-corrected chi connectivity index (χ0v) is 7.20. The molecular weight excluding hydrogens is 176 g/mol. The summed E-state index contributed by atoms with van der Waals surface area (Å²) in [6.07, 6.45) is -0.781. The molecule has 0 unspecified atom stereocenters. The average Bonchev–Trinajstić information content (AvgIpc) is 2.43. The fourth-order valence-electron chi connectivity index (χ4n) is 1.61. The number of amides is 2. The van der Waals surface area contributed by atoms with Crippen LogP contribution in [0.3, 0.4) is 0 Å². The summed E-state index contributed by atoms with van der Waals surface area (Å²) in [5, 5.41) is 2.67. The largest absolute Gasteiger partial charge is 0.453 e. The first-order valence-electron chi connectivity index (χ1n) is 3.93. The minimum Gasteiger partial charge on any atom is -0.453 e. The van der Waals surface area contributed by atoms with Crippen molar-refractivity contribution in [2.24, 2.45) is 0 Å². The van der Waals surface area contributed by atoms with E-state index in [-0.39, 0.29) is 11.6 Å². The Morgan fingerprint density at radius 2 is 2.38 bits per heavy atom. The summed E-state index contributed by atoms with van der Waals surface area (Å²) >= 11 is 0. The van der Waals surface area contributed by atoms with Gasteiger partial charge in [-0.3, -0.25) is 0 Å². The third kappa shape index (κ3) is 1.18. The maximum absolute atomic E-state index is 11.0. The van der Waals surface area contributed by atoms with Crippen LogP contribution in [0.1, 0.15) is 0 Å². The van der Waals surface area contributed by atoms with Crippen LogP contribution in [-0.2, 0) is 9.47 Å². The Kier molecular flexibility index (Phi) is 1.58. The summed E-state index contributed by atoms with van der Waals surface area (Å²) in [6.45, 7) is 1.26. The third-order valence-corrected chi connectivity index (χ3v) is 2.27. The first-order chi connectivity index (χ1) is 6.15. The van der Waals surface area contributed by atoms with E-state index in [0.717, 1.165) is 0 Å². The smallest absolute Gasteiger partial charge is 0.409 e. The lowest BCUT2D eigenvalue weighted by Gasteiger charge is -2.44. The molecule has 0 aromatic carbocycles. The van der Waals surface area contributed by atoms with Gasteiger partial charge in [-0.1, -0.05) is 0 Å². The zero-order chi connectivity index (χ0) is 9.47. The number of cyclic esters (lactones) is 1. The van der Waals surface area contributed by atoms with Crippen LogP contribution < -0.4 is 5.32 Å². The van der Waals surface area contributed by atoms with Gasteiger partial charge in [-0.05, 0) is 0 Å². The number of ether oxygens (including phenoxy) is 2. The molecule has 6 heteroatoms. The van der Waals surface area contributed by atoms with Crippen molar-refractivity contribution in [3.63, 3.8) is 0 Å². The highest BCUT2D eigenvalue weighted by molar-refractivity contribution is 5.74. The molecule has 0 aromatic heterocycles. The lowest BCUT2D eigenvalue weighted by molar-refractivity contribution is 0.0370. The van der Waals surface area contributed by atoms with Gasteiger partial charge < -0.3 is 19.7 Å². The molecule has 0 bridgehead atoms. The second-order valence-electron chi connectivity index (χ2n) is 3.31. The average molecular weight is 186 g/mol. The molecule has 0 atom stereocenters. The summed E-state index contributed by atoms with van der Waals surface area (Å²) in [7, 11) is 1.33. The molecule has 0 aromatic rings. The van der Waals surface area contributed by atoms with Crippen LogP contribution in [-0.4, -0.2) is 49.4 Å². The molecule has 6 nitrogen and oxygen atoms in total. The predicted octanol–water partition coefficient (Wildman–Crippen LogP) is -0.453. The number of rotatable bonds is 0. The number of nitrogens with zero attached hydrogens (tertiary/aromatic N) is 1. The quantitative estimate of drug-likeness (QED) is 0.556. The van der Waals surface area contributed by atoms with Gasteiger partial charge in [0.2, 0.25) is 0 Å². The Bertz CT molecular complexity index is 259. The number of likely N-dealkylation sites (tertiary alicyclic amines) is 1. The minimum atomic E-state index is -0.412. The van der Waals surface area contributed by atoms with Crippen molar-refractivity contribution >= 4 is 12.2 Å². The van der Waals surface area contributed by atoms with Crippen molar-refractivity contribution in [3.8, 4) is 0 Å². The normalized spacial score (nSPS) is 23.5. The zero-order valence-electron chi connectivity index (χ0n) is 7.20. The van der Waals surface area contributed by atoms with E-state index in [9.17, 15) is 9.59 Å². The Morgan fingerprint density at radius 1 is 1.69 bits per heavy atom. The Balaban J connectivity index is 1.90. The van der Waals surface area contributed by atoms with Crippen LogP contribution >= 0.6 is 0 Å². The second kappa shape index (κ2) is 2.51. The van der Waals surface area contributed by atoms with Crippen molar-refractivity contribution < 1.29 is 19.1 Å². The molecule has 13 heavy (non-hydrogen) atoms. The van der Waals surface area contributed by atoms with Crippen molar-refractivity contribution in [2.45, 2.75) is 5.54 Å². The van der Waals surface area contributed by atoms with Crippen LogP contribution in [0.2, 0.25) is 0 Å². The van der Waals surface area contributed by atoms with E-state index in [2.05, 4.69) is 10.1 Å². The minimum absolute atomic E-state index is 0.333. The molecule has 0 saturated carbocycles.